The van der Waals surface area contributed by atoms with Crippen LogP contribution in [-0.4, -0.2) is 23.7 Å². The Bertz CT molecular complexity index is 440. The fourth-order valence-electron chi connectivity index (χ4n) is 2.36. The number of nitrogen functional groups attached to an aromatic ring is 1. The summed E-state index contributed by atoms with van der Waals surface area (Å²) in [5.74, 6) is 2.31. The highest BCUT2D eigenvalue weighted by Gasteiger charge is 2.23. The lowest BCUT2D eigenvalue weighted by atomic mass is 10.1. The first-order valence-electron chi connectivity index (χ1n) is 7.09. The molecule has 1 atom stereocenters. The van der Waals surface area contributed by atoms with Gasteiger partial charge in [0.25, 0.3) is 0 Å². The Balaban J connectivity index is 2.17. The topological polar surface area (TPSA) is 51.4 Å². The number of hydrogen-bond donors (Lipinski definition) is 1. The van der Waals surface area contributed by atoms with Crippen molar-refractivity contribution >= 4 is 11.5 Å². The van der Waals surface area contributed by atoms with Gasteiger partial charge in [-0.3, -0.25) is 0 Å². The normalized spacial score (nSPS) is 19.8. The summed E-state index contributed by atoms with van der Waals surface area (Å²) in [5.41, 5.74) is 6.26. The Morgan fingerprint density at radius 1 is 1.42 bits per heavy atom. The van der Waals surface area contributed by atoms with E-state index in [9.17, 15) is 0 Å². The van der Waals surface area contributed by atoms with Crippen LogP contribution in [-0.2, 0) is 0 Å². The zero-order valence-corrected chi connectivity index (χ0v) is 12.4. The fourth-order valence-corrected chi connectivity index (χ4v) is 2.36. The SMILES string of the molecule is CCC1CCN(c2ccc(N)c(OC(C)(C)C)n2)C1. The molecule has 4 nitrogen and oxygen atoms in total. The van der Waals surface area contributed by atoms with E-state index >= 15 is 0 Å². The smallest absolute Gasteiger partial charge is 0.239 e. The first-order valence-corrected chi connectivity index (χ1v) is 7.09. The van der Waals surface area contributed by atoms with Gasteiger partial charge in [0.15, 0.2) is 0 Å². The molecule has 1 unspecified atom stereocenters. The average Bonchev–Trinajstić information content (AvgIpc) is 2.79. The standard InChI is InChI=1S/C15H25N3O/c1-5-11-8-9-18(10-11)13-7-6-12(16)14(17-13)19-15(2,3)4/h6-7,11H,5,8-10,16H2,1-4H3. The summed E-state index contributed by atoms with van der Waals surface area (Å²) in [6.07, 6.45) is 2.48. The summed E-state index contributed by atoms with van der Waals surface area (Å²) in [6, 6.07) is 3.88. The number of hydrogen-bond acceptors (Lipinski definition) is 4. The first-order chi connectivity index (χ1) is 8.89. The molecular formula is C15H25N3O. The van der Waals surface area contributed by atoms with Crippen molar-refractivity contribution in [3.8, 4) is 5.88 Å². The molecule has 4 heteroatoms. The molecule has 0 bridgehead atoms. The highest BCUT2D eigenvalue weighted by Crippen LogP contribution is 2.29. The zero-order valence-electron chi connectivity index (χ0n) is 12.4. The maximum Gasteiger partial charge on any atom is 0.239 e. The maximum absolute atomic E-state index is 5.94. The van der Waals surface area contributed by atoms with Gasteiger partial charge in [0.05, 0.1) is 5.69 Å². The first kappa shape index (κ1) is 14.0. The lowest BCUT2D eigenvalue weighted by Crippen LogP contribution is -2.25. The molecule has 2 N–H and O–H groups in total. The predicted octanol–water partition coefficient (Wildman–Crippen LogP) is 3.08. The van der Waals surface area contributed by atoms with Crippen molar-refractivity contribution in [3.63, 3.8) is 0 Å². The number of rotatable bonds is 3. The summed E-state index contributed by atoms with van der Waals surface area (Å²) in [5, 5.41) is 0. The number of pyridine rings is 1. The third-order valence-electron chi connectivity index (χ3n) is 3.47. The van der Waals surface area contributed by atoms with Gasteiger partial charge in [0.2, 0.25) is 5.88 Å². The molecule has 1 aromatic rings. The van der Waals surface area contributed by atoms with Crippen molar-refractivity contribution in [2.45, 2.75) is 46.1 Å². The van der Waals surface area contributed by atoms with Gasteiger partial charge < -0.3 is 15.4 Å². The molecule has 2 rings (SSSR count). The summed E-state index contributed by atoms with van der Waals surface area (Å²) in [6.45, 7) is 10.4. The minimum atomic E-state index is -0.281. The van der Waals surface area contributed by atoms with E-state index in [1.54, 1.807) is 0 Å². The van der Waals surface area contributed by atoms with Crippen molar-refractivity contribution in [1.82, 2.24) is 4.98 Å². The van der Waals surface area contributed by atoms with Gasteiger partial charge in [-0.05, 0) is 45.2 Å². The molecule has 1 fully saturated rings. The van der Waals surface area contributed by atoms with Gasteiger partial charge >= 0.3 is 0 Å². The Morgan fingerprint density at radius 2 is 2.16 bits per heavy atom. The van der Waals surface area contributed by atoms with E-state index in [-0.39, 0.29) is 5.60 Å². The number of ether oxygens (including phenoxy) is 1. The van der Waals surface area contributed by atoms with Crippen molar-refractivity contribution in [2.24, 2.45) is 5.92 Å². The minimum Gasteiger partial charge on any atom is -0.470 e. The molecule has 2 heterocycles. The van der Waals surface area contributed by atoms with Crippen molar-refractivity contribution in [2.75, 3.05) is 23.7 Å². The molecule has 19 heavy (non-hydrogen) atoms. The summed E-state index contributed by atoms with van der Waals surface area (Å²) in [4.78, 5) is 6.91. The minimum absolute atomic E-state index is 0.281. The second-order valence-corrected chi connectivity index (χ2v) is 6.29. The Labute approximate surface area is 116 Å². The Kier molecular flexibility index (Phi) is 3.88. The maximum atomic E-state index is 5.94. The van der Waals surface area contributed by atoms with Crippen LogP contribution < -0.4 is 15.4 Å². The molecular weight excluding hydrogens is 238 g/mol. The van der Waals surface area contributed by atoms with Gasteiger partial charge in [-0.25, -0.2) is 0 Å². The second-order valence-electron chi connectivity index (χ2n) is 6.29. The molecule has 0 aromatic carbocycles. The third-order valence-corrected chi connectivity index (χ3v) is 3.47. The predicted molar refractivity (Wildman–Crippen MR) is 79.6 cm³/mol. The highest BCUT2D eigenvalue weighted by atomic mass is 16.5. The van der Waals surface area contributed by atoms with E-state index in [1.807, 2.05) is 32.9 Å². The van der Waals surface area contributed by atoms with E-state index in [2.05, 4.69) is 16.8 Å². The lowest BCUT2D eigenvalue weighted by Gasteiger charge is -2.23. The van der Waals surface area contributed by atoms with Gasteiger partial charge in [-0.2, -0.15) is 4.98 Å². The van der Waals surface area contributed by atoms with Crippen LogP contribution in [0.4, 0.5) is 11.5 Å². The van der Waals surface area contributed by atoms with E-state index in [4.69, 9.17) is 10.5 Å². The van der Waals surface area contributed by atoms with Gasteiger partial charge in [0.1, 0.15) is 11.4 Å². The van der Waals surface area contributed by atoms with E-state index < -0.39 is 0 Å². The van der Waals surface area contributed by atoms with Crippen LogP contribution in [0.15, 0.2) is 12.1 Å². The monoisotopic (exact) mass is 263 g/mol. The summed E-state index contributed by atoms with van der Waals surface area (Å²) >= 11 is 0. The van der Waals surface area contributed by atoms with E-state index in [0.717, 1.165) is 24.8 Å². The van der Waals surface area contributed by atoms with Crippen LogP contribution in [0.5, 0.6) is 5.88 Å². The third kappa shape index (κ3) is 3.52. The highest BCUT2D eigenvalue weighted by molar-refractivity contribution is 5.55. The van der Waals surface area contributed by atoms with E-state index in [1.165, 1.54) is 12.8 Å². The number of aromatic nitrogens is 1. The molecule has 1 aliphatic rings. The molecule has 106 valence electrons. The molecule has 1 saturated heterocycles. The van der Waals surface area contributed by atoms with E-state index in [0.29, 0.717) is 11.6 Å². The van der Waals surface area contributed by atoms with Gasteiger partial charge in [-0.15, -0.1) is 0 Å². The molecule has 0 saturated carbocycles. The molecule has 0 aliphatic carbocycles. The van der Waals surface area contributed by atoms with Crippen LogP contribution in [0.3, 0.4) is 0 Å². The molecule has 0 spiro atoms. The molecule has 1 aliphatic heterocycles. The number of nitrogens with zero attached hydrogens (tertiary/aromatic N) is 2. The quantitative estimate of drug-likeness (QED) is 0.910. The van der Waals surface area contributed by atoms with Gasteiger partial charge in [-0.1, -0.05) is 13.3 Å². The number of nitrogens with two attached hydrogens (primary N) is 1. The average molecular weight is 263 g/mol. The Hall–Kier alpha value is -1.45. The second kappa shape index (κ2) is 5.27. The van der Waals surface area contributed by atoms with Crippen LogP contribution >= 0.6 is 0 Å². The van der Waals surface area contributed by atoms with Crippen LogP contribution in [0.2, 0.25) is 0 Å². The van der Waals surface area contributed by atoms with Crippen molar-refractivity contribution < 1.29 is 4.74 Å². The summed E-state index contributed by atoms with van der Waals surface area (Å²) < 4.78 is 5.82. The molecule has 0 radical (unpaired) electrons. The van der Waals surface area contributed by atoms with Crippen molar-refractivity contribution in [3.05, 3.63) is 12.1 Å². The van der Waals surface area contributed by atoms with Gasteiger partial charge in [0, 0.05) is 13.1 Å². The van der Waals surface area contributed by atoms with Crippen LogP contribution in [0.25, 0.3) is 0 Å². The zero-order chi connectivity index (χ0) is 14.0. The molecule has 1 aromatic heterocycles. The number of anilines is 2. The van der Waals surface area contributed by atoms with Crippen LogP contribution in [0, 0.1) is 5.92 Å². The lowest BCUT2D eigenvalue weighted by molar-refractivity contribution is 0.125. The summed E-state index contributed by atoms with van der Waals surface area (Å²) in [7, 11) is 0. The van der Waals surface area contributed by atoms with Crippen molar-refractivity contribution in [1.29, 1.82) is 0 Å². The largest absolute Gasteiger partial charge is 0.470 e. The molecule has 0 amide bonds. The fraction of sp³-hybridized carbons (Fsp3) is 0.667. The Morgan fingerprint density at radius 3 is 2.74 bits per heavy atom. The van der Waals surface area contributed by atoms with Crippen LogP contribution in [0.1, 0.15) is 40.5 Å².